The van der Waals surface area contributed by atoms with Gasteiger partial charge in [0, 0.05) is 16.7 Å². The highest BCUT2D eigenvalue weighted by Gasteiger charge is 2.15. The van der Waals surface area contributed by atoms with Crippen molar-refractivity contribution in [2.75, 3.05) is 0 Å². The Morgan fingerprint density at radius 2 is 2.00 bits per heavy atom. The minimum atomic E-state index is -1.34. The van der Waals surface area contributed by atoms with Gasteiger partial charge in [0.15, 0.2) is 0 Å². The molecule has 0 fully saturated rings. The molecule has 2 N–H and O–H groups in total. The maximum Gasteiger partial charge on any atom is 0.338 e. The van der Waals surface area contributed by atoms with E-state index in [-0.39, 0.29) is 0 Å². The second-order valence-corrected chi connectivity index (χ2v) is 5.21. The quantitative estimate of drug-likeness (QED) is 0.735. The third kappa shape index (κ3) is 2.46. The molecule has 21 heavy (non-hydrogen) atoms. The lowest BCUT2D eigenvalue weighted by Crippen LogP contribution is -1.99. The van der Waals surface area contributed by atoms with Gasteiger partial charge in [0.05, 0.1) is 21.6 Å². The molecular weight excluding hydrogens is 318 g/mol. The number of carboxylic acid groups (broad SMARTS) is 1. The minimum Gasteiger partial charge on any atom is -0.478 e. The summed E-state index contributed by atoms with van der Waals surface area (Å²) in [5.41, 5.74) is 0.894. The van der Waals surface area contributed by atoms with Crippen LogP contribution in [0.3, 0.4) is 0 Å². The summed E-state index contributed by atoms with van der Waals surface area (Å²) in [5.74, 6) is -1.76. The summed E-state index contributed by atoms with van der Waals surface area (Å²) in [7, 11) is 0. The average Bonchev–Trinajstić information content (AvgIpc) is 2.79. The number of fused-ring (bicyclic) bond motifs is 1. The number of aromatic carboxylic acids is 1. The number of aromatic amines is 1. The summed E-state index contributed by atoms with van der Waals surface area (Å²) in [6.07, 6.45) is 0. The Kier molecular flexibility index (Phi) is 3.31. The van der Waals surface area contributed by atoms with Crippen LogP contribution in [0.15, 0.2) is 30.3 Å². The summed E-state index contributed by atoms with van der Waals surface area (Å²) in [5, 5.41) is 9.78. The number of hydrogen-bond donors (Lipinski definition) is 2. The highest BCUT2D eigenvalue weighted by Crippen LogP contribution is 2.30. The molecule has 7 heteroatoms. The maximum atomic E-state index is 13.6. The first-order valence-electron chi connectivity index (χ1n) is 5.83. The van der Waals surface area contributed by atoms with Gasteiger partial charge < -0.3 is 10.1 Å². The fourth-order valence-electron chi connectivity index (χ4n) is 2.00. The van der Waals surface area contributed by atoms with Crippen molar-refractivity contribution in [1.29, 1.82) is 0 Å². The van der Waals surface area contributed by atoms with Gasteiger partial charge in [-0.05, 0) is 24.3 Å². The fraction of sp³-hybridized carbons (Fsp3) is 0. The highest BCUT2D eigenvalue weighted by molar-refractivity contribution is 6.36. The van der Waals surface area contributed by atoms with Gasteiger partial charge >= 0.3 is 5.97 Å². The van der Waals surface area contributed by atoms with Crippen LogP contribution in [0.25, 0.3) is 22.4 Å². The first-order valence-corrected chi connectivity index (χ1v) is 6.59. The predicted octanol–water partition coefficient (Wildman–Crippen LogP) is 4.37. The summed E-state index contributed by atoms with van der Waals surface area (Å²) in [4.78, 5) is 18.1. The van der Waals surface area contributed by atoms with Crippen molar-refractivity contribution in [1.82, 2.24) is 9.97 Å². The van der Waals surface area contributed by atoms with Crippen LogP contribution in [-0.2, 0) is 0 Å². The molecule has 2 aromatic carbocycles. The van der Waals surface area contributed by atoms with Crippen LogP contribution < -0.4 is 0 Å². The lowest BCUT2D eigenvalue weighted by molar-refractivity contribution is 0.0692. The molecule has 3 aromatic rings. The monoisotopic (exact) mass is 324 g/mol. The summed E-state index contributed by atoms with van der Waals surface area (Å²) in [6, 6.07) is 7.17. The number of nitrogens with zero attached hydrogens (tertiary/aromatic N) is 1. The van der Waals surface area contributed by atoms with Gasteiger partial charge in [-0.2, -0.15) is 0 Å². The van der Waals surface area contributed by atoms with Crippen LogP contribution in [0.2, 0.25) is 10.0 Å². The molecule has 4 nitrogen and oxygen atoms in total. The van der Waals surface area contributed by atoms with Crippen molar-refractivity contribution in [3.05, 3.63) is 51.8 Å². The molecule has 1 heterocycles. The lowest BCUT2D eigenvalue weighted by Gasteiger charge is -2.00. The number of aromatic nitrogens is 2. The van der Waals surface area contributed by atoms with Gasteiger partial charge in [-0.1, -0.05) is 23.2 Å². The topological polar surface area (TPSA) is 66.0 Å². The Morgan fingerprint density at radius 3 is 2.67 bits per heavy atom. The zero-order chi connectivity index (χ0) is 15.1. The molecule has 0 amide bonds. The van der Waals surface area contributed by atoms with Crippen molar-refractivity contribution in [2.45, 2.75) is 0 Å². The predicted molar refractivity (Wildman–Crippen MR) is 78.5 cm³/mol. The number of H-pyrrole nitrogens is 1. The van der Waals surface area contributed by atoms with E-state index >= 15 is 0 Å². The molecule has 1 aromatic heterocycles. The Labute approximate surface area is 128 Å². The largest absolute Gasteiger partial charge is 0.478 e. The van der Waals surface area contributed by atoms with Gasteiger partial charge in [0.1, 0.15) is 11.6 Å². The first-order chi connectivity index (χ1) is 9.95. The van der Waals surface area contributed by atoms with Gasteiger partial charge in [0.2, 0.25) is 0 Å². The standard InChI is InChI=1S/C14H7Cl2FN2O2/c15-6-1-2-7(9(16)3-6)13-18-11-4-8(14(20)21)10(17)5-12(11)19-13/h1-5H,(H,18,19)(H,20,21). The summed E-state index contributed by atoms with van der Waals surface area (Å²) < 4.78 is 13.6. The van der Waals surface area contributed by atoms with Crippen LogP contribution in [-0.4, -0.2) is 21.0 Å². The van der Waals surface area contributed by atoms with Crippen LogP contribution in [0.5, 0.6) is 0 Å². The van der Waals surface area contributed by atoms with Crippen LogP contribution in [0, 0.1) is 5.82 Å². The third-order valence-electron chi connectivity index (χ3n) is 2.99. The molecule has 0 unspecified atom stereocenters. The van der Waals surface area contributed by atoms with E-state index < -0.39 is 17.3 Å². The van der Waals surface area contributed by atoms with Gasteiger partial charge in [-0.15, -0.1) is 0 Å². The summed E-state index contributed by atoms with van der Waals surface area (Å²) >= 11 is 11.9. The Morgan fingerprint density at radius 1 is 1.24 bits per heavy atom. The van der Waals surface area contributed by atoms with E-state index in [1.807, 2.05) is 0 Å². The SMILES string of the molecule is O=C(O)c1cc2nc(-c3ccc(Cl)cc3Cl)[nH]c2cc1F. The molecule has 0 aliphatic heterocycles. The molecule has 0 aliphatic carbocycles. The fourth-order valence-corrected chi connectivity index (χ4v) is 2.50. The van der Waals surface area contributed by atoms with Crippen LogP contribution in [0.1, 0.15) is 10.4 Å². The zero-order valence-corrected chi connectivity index (χ0v) is 11.8. The van der Waals surface area contributed by atoms with Gasteiger partial charge in [-0.25, -0.2) is 14.2 Å². The van der Waals surface area contributed by atoms with E-state index in [0.29, 0.717) is 32.5 Å². The molecule has 0 saturated carbocycles. The Hall–Kier alpha value is -2.11. The lowest BCUT2D eigenvalue weighted by atomic mass is 10.2. The number of nitrogens with one attached hydrogen (secondary N) is 1. The molecule has 0 bridgehead atoms. The van der Waals surface area contributed by atoms with E-state index in [4.69, 9.17) is 28.3 Å². The number of halogens is 3. The Bertz CT molecular complexity index is 877. The second-order valence-electron chi connectivity index (χ2n) is 4.36. The van der Waals surface area contributed by atoms with Crippen LogP contribution >= 0.6 is 23.2 Å². The van der Waals surface area contributed by atoms with E-state index in [0.717, 1.165) is 6.07 Å². The normalized spacial score (nSPS) is 11.0. The van der Waals surface area contributed by atoms with E-state index in [9.17, 15) is 9.18 Å². The molecule has 0 atom stereocenters. The average molecular weight is 325 g/mol. The van der Waals surface area contributed by atoms with E-state index in [2.05, 4.69) is 9.97 Å². The number of benzene rings is 2. The number of hydrogen-bond acceptors (Lipinski definition) is 2. The third-order valence-corrected chi connectivity index (χ3v) is 3.54. The highest BCUT2D eigenvalue weighted by atomic mass is 35.5. The van der Waals surface area contributed by atoms with Gasteiger partial charge in [0.25, 0.3) is 0 Å². The number of rotatable bonds is 2. The first kappa shape index (κ1) is 13.9. The molecule has 0 spiro atoms. The maximum absolute atomic E-state index is 13.6. The molecule has 0 saturated heterocycles. The molecule has 106 valence electrons. The molecular formula is C14H7Cl2FN2O2. The van der Waals surface area contributed by atoms with Crippen molar-refractivity contribution >= 4 is 40.2 Å². The number of imidazole rings is 1. The van der Waals surface area contributed by atoms with Crippen molar-refractivity contribution < 1.29 is 14.3 Å². The summed E-state index contributed by atoms with van der Waals surface area (Å²) in [6.45, 7) is 0. The molecule has 0 aliphatic rings. The van der Waals surface area contributed by atoms with E-state index in [1.54, 1.807) is 18.2 Å². The van der Waals surface area contributed by atoms with Crippen molar-refractivity contribution in [2.24, 2.45) is 0 Å². The Balaban J connectivity index is 2.19. The number of carbonyl (C=O) groups is 1. The van der Waals surface area contributed by atoms with Crippen LogP contribution in [0.4, 0.5) is 4.39 Å². The zero-order valence-electron chi connectivity index (χ0n) is 10.3. The second kappa shape index (κ2) is 5.02. The van der Waals surface area contributed by atoms with Crippen molar-refractivity contribution in [3.8, 4) is 11.4 Å². The number of carboxylic acids is 1. The van der Waals surface area contributed by atoms with Gasteiger partial charge in [-0.3, -0.25) is 0 Å². The van der Waals surface area contributed by atoms with Crippen molar-refractivity contribution in [3.63, 3.8) is 0 Å². The molecule has 3 rings (SSSR count). The minimum absolute atomic E-state index is 0.342. The molecule has 0 radical (unpaired) electrons. The smallest absolute Gasteiger partial charge is 0.338 e. The van der Waals surface area contributed by atoms with E-state index in [1.165, 1.54) is 6.07 Å².